The molecule has 2 aromatic carbocycles. The molecular weight excluding hydrogens is 328 g/mol. The van der Waals surface area contributed by atoms with E-state index in [1.807, 2.05) is 42.5 Å². The Balaban J connectivity index is 1.66. The molecule has 26 heavy (non-hydrogen) atoms. The van der Waals surface area contributed by atoms with E-state index in [4.69, 9.17) is 10.00 Å². The highest BCUT2D eigenvalue weighted by molar-refractivity contribution is 5.68. The number of ether oxygens (including phenoxy) is 1. The first-order valence-electron chi connectivity index (χ1n) is 8.78. The Morgan fingerprint density at radius 2 is 1.92 bits per heavy atom. The van der Waals surface area contributed by atoms with Crippen molar-refractivity contribution in [3.05, 3.63) is 71.3 Å². The first-order valence-corrected chi connectivity index (χ1v) is 8.78. The fourth-order valence-corrected chi connectivity index (χ4v) is 3.38. The summed E-state index contributed by atoms with van der Waals surface area (Å²) in [5.41, 5.74) is 2.59. The highest BCUT2D eigenvalue weighted by Crippen LogP contribution is 2.32. The number of benzene rings is 2. The summed E-state index contributed by atoms with van der Waals surface area (Å²) in [6, 6.07) is 19.1. The summed E-state index contributed by atoms with van der Waals surface area (Å²) in [5, 5.41) is 18.7. The maximum absolute atomic E-state index is 12.4. The van der Waals surface area contributed by atoms with Gasteiger partial charge >= 0.3 is 6.09 Å². The molecule has 0 aromatic heterocycles. The standard InChI is InChI=1S/C21H22N2O3/c22-12-16-6-8-18(9-7-16)20-13-23(11-10-19(20)14-24)21(25)26-15-17-4-2-1-3-5-17/h1-9,19-20,24H,10-11,13-15H2/t19-,20-/m0/s1. The molecule has 1 aliphatic rings. The molecule has 1 saturated heterocycles. The fraction of sp³-hybridized carbons (Fsp3) is 0.333. The quantitative estimate of drug-likeness (QED) is 0.918. The number of rotatable bonds is 4. The molecule has 0 bridgehead atoms. The van der Waals surface area contributed by atoms with Gasteiger partial charge in [0.25, 0.3) is 0 Å². The second kappa shape index (κ2) is 8.50. The minimum Gasteiger partial charge on any atom is -0.445 e. The number of aliphatic hydroxyl groups excluding tert-OH is 1. The third-order valence-electron chi connectivity index (χ3n) is 4.92. The molecule has 134 valence electrons. The molecule has 5 heteroatoms. The van der Waals surface area contributed by atoms with Gasteiger partial charge in [-0.3, -0.25) is 0 Å². The second-order valence-electron chi connectivity index (χ2n) is 6.56. The zero-order chi connectivity index (χ0) is 18.4. The lowest BCUT2D eigenvalue weighted by Crippen LogP contribution is -2.43. The average Bonchev–Trinajstić information content (AvgIpc) is 2.72. The van der Waals surface area contributed by atoms with Crippen molar-refractivity contribution < 1.29 is 14.6 Å². The zero-order valence-corrected chi connectivity index (χ0v) is 14.5. The summed E-state index contributed by atoms with van der Waals surface area (Å²) in [7, 11) is 0. The molecule has 0 spiro atoms. The van der Waals surface area contributed by atoms with Gasteiger partial charge < -0.3 is 14.7 Å². The van der Waals surface area contributed by atoms with Crippen LogP contribution >= 0.6 is 0 Å². The van der Waals surface area contributed by atoms with Gasteiger partial charge in [0, 0.05) is 25.6 Å². The van der Waals surface area contributed by atoms with Gasteiger partial charge in [-0.15, -0.1) is 0 Å². The Morgan fingerprint density at radius 3 is 2.58 bits per heavy atom. The zero-order valence-electron chi connectivity index (χ0n) is 14.5. The number of piperidine rings is 1. The van der Waals surface area contributed by atoms with E-state index < -0.39 is 0 Å². The van der Waals surface area contributed by atoms with Crippen LogP contribution in [0.4, 0.5) is 4.79 Å². The monoisotopic (exact) mass is 350 g/mol. The number of carbonyl (C=O) groups excluding carboxylic acids is 1. The number of aliphatic hydroxyl groups is 1. The molecule has 1 aliphatic heterocycles. The van der Waals surface area contributed by atoms with E-state index in [1.165, 1.54) is 0 Å². The van der Waals surface area contributed by atoms with Crippen LogP contribution in [0.25, 0.3) is 0 Å². The van der Waals surface area contributed by atoms with Crippen LogP contribution < -0.4 is 0 Å². The van der Waals surface area contributed by atoms with Gasteiger partial charge in [0.05, 0.1) is 11.6 Å². The number of nitriles is 1. The normalized spacial score (nSPS) is 19.6. The highest BCUT2D eigenvalue weighted by Gasteiger charge is 2.32. The lowest BCUT2D eigenvalue weighted by atomic mass is 9.81. The van der Waals surface area contributed by atoms with Crippen molar-refractivity contribution in [2.75, 3.05) is 19.7 Å². The molecule has 3 rings (SSSR count). The number of hydrogen-bond donors (Lipinski definition) is 1. The molecule has 2 atom stereocenters. The molecular formula is C21H22N2O3. The largest absolute Gasteiger partial charge is 0.445 e. The van der Waals surface area contributed by atoms with Crippen molar-refractivity contribution in [3.8, 4) is 6.07 Å². The van der Waals surface area contributed by atoms with Crippen molar-refractivity contribution in [2.24, 2.45) is 5.92 Å². The van der Waals surface area contributed by atoms with E-state index in [1.54, 1.807) is 17.0 Å². The first-order chi connectivity index (χ1) is 12.7. The number of hydrogen-bond acceptors (Lipinski definition) is 4. The number of likely N-dealkylation sites (tertiary alicyclic amines) is 1. The summed E-state index contributed by atoms with van der Waals surface area (Å²) in [6.45, 7) is 1.41. The molecule has 0 radical (unpaired) electrons. The molecule has 1 amide bonds. The molecule has 0 saturated carbocycles. The number of carbonyl (C=O) groups is 1. The third kappa shape index (κ3) is 4.22. The Labute approximate surface area is 153 Å². The minimum atomic E-state index is -0.330. The van der Waals surface area contributed by atoms with E-state index in [2.05, 4.69) is 6.07 Å². The van der Waals surface area contributed by atoms with E-state index in [0.29, 0.717) is 18.7 Å². The van der Waals surface area contributed by atoms with E-state index in [9.17, 15) is 9.90 Å². The van der Waals surface area contributed by atoms with Crippen LogP contribution in [0, 0.1) is 17.2 Å². The Hall–Kier alpha value is -2.84. The van der Waals surface area contributed by atoms with E-state index >= 15 is 0 Å². The van der Waals surface area contributed by atoms with Crippen LogP contribution in [0.1, 0.15) is 29.0 Å². The average molecular weight is 350 g/mol. The summed E-state index contributed by atoms with van der Waals surface area (Å²) >= 11 is 0. The van der Waals surface area contributed by atoms with Crippen LogP contribution in [-0.4, -0.2) is 35.8 Å². The topological polar surface area (TPSA) is 73.6 Å². The Kier molecular flexibility index (Phi) is 5.88. The van der Waals surface area contributed by atoms with Crippen molar-refractivity contribution in [1.29, 1.82) is 5.26 Å². The Morgan fingerprint density at radius 1 is 1.19 bits per heavy atom. The van der Waals surface area contributed by atoms with Crippen LogP contribution in [0.5, 0.6) is 0 Å². The molecule has 2 aromatic rings. The third-order valence-corrected chi connectivity index (χ3v) is 4.92. The molecule has 0 aliphatic carbocycles. The van der Waals surface area contributed by atoms with Crippen molar-refractivity contribution >= 4 is 6.09 Å². The first kappa shape index (κ1) is 18.0. The second-order valence-corrected chi connectivity index (χ2v) is 6.56. The maximum Gasteiger partial charge on any atom is 0.410 e. The van der Waals surface area contributed by atoms with Gasteiger partial charge in [-0.05, 0) is 35.6 Å². The predicted molar refractivity (Wildman–Crippen MR) is 97.3 cm³/mol. The van der Waals surface area contributed by atoms with Crippen molar-refractivity contribution in [2.45, 2.75) is 18.9 Å². The highest BCUT2D eigenvalue weighted by atomic mass is 16.6. The lowest BCUT2D eigenvalue weighted by Gasteiger charge is -2.37. The molecule has 1 N–H and O–H groups in total. The fourth-order valence-electron chi connectivity index (χ4n) is 3.38. The Bertz CT molecular complexity index is 768. The lowest BCUT2D eigenvalue weighted by molar-refractivity contribution is 0.0654. The van der Waals surface area contributed by atoms with Gasteiger partial charge in [-0.1, -0.05) is 42.5 Å². The summed E-state index contributed by atoms with van der Waals surface area (Å²) in [4.78, 5) is 14.1. The summed E-state index contributed by atoms with van der Waals surface area (Å²) in [5.74, 6) is 0.131. The van der Waals surface area contributed by atoms with Crippen molar-refractivity contribution in [1.82, 2.24) is 4.90 Å². The summed E-state index contributed by atoms with van der Waals surface area (Å²) in [6.07, 6.45) is 0.394. The summed E-state index contributed by atoms with van der Waals surface area (Å²) < 4.78 is 5.44. The molecule has 1 fully saturated rings. The van der Waals surface area contributed by atoms with Gasteiger partial charge in [0.15, 0.2) is 0 Å². The predicted octanol–water partition coefficient (Wildman–Crippen LogP) is 3.29. The van der Waals surface area contributed by atoms with E-state index in [0.717, 1.165) is 17.5 Å². The molecule has 0 unspecified atom stereocenters. The SMILES string of the molecule is N#Cc1ccc([C@@H]2CN(C(=O)OCc3ccccc3)CC[C@H]2CO)cc1. The van der Waals surface area contributed by atoms with Crippen molar-refractivity contribution in [3.63, 3.8) is 0 Å². The van der Waals surface area contributed by atoms with Crippen LogP contribution in [-0.2, 0) is 11.3 Å². The van der Waals surface area contributed by atoms with Gasteiger partial charge in [-0.2, -0.15) is 5.26 Å². The maximum atomic E-state index is 12.4. The van der Waals surface area contributed by atoms with Gasteiger partial charge in [0.1, 0.15) is 6.61 Å². The number of nitrogens with zero attached hydrogens (tertiary/aromatic N) is 2. The van der Waals surface area contributed by atoms with Gasteiger partial charge in [-0.25, -0.2) is 4.79 Å². The smallest absolute Gasteiger partial charge is 0.410 e. The van der Waals surface area contributed by atoms with Crippen LogP contribution in [0.3, 0.4) is 0 Å². The molecule has 1 heterocycles. The van der Waals surface area contributed by atoms with E-state index in [-0.39, 0.29) is 31.1 Å². The van der Waals surface area contributed by atoms with Gasteiger partial charge in [0.2, 0.25) is 0 Å². The molecule has 5 nitrogen and oxygen atoms in total. The number of amides is 1. The minimum absolute atomic E-state index is 0.0331. The van der Waals surface area contributed by atoms with Crippen LogP contribution in [0.15, 0.2) is 54.6 Å². The van der Waals surface area contributed by atoms with Crippen LogP contribution in [0.2, 0.25) is 0 Å².